The lowest BCUT2D eigenvalue weighted by molar-refractivity contribution is 0.0696. The molecule has 0 fully saturated rings. The van der Waals surface area contributed by atoms with E-state index in [-0.39, 0.29) is 23.6 Å². The smallest absolute Gasteiger partial charge is 0.335 e. The number of halogens is 1. The summed E-state index contributed by atoms with van der Waals surface area (Å²) in [5, 5.41) is 15.4. The number of carboxylic acid groups (broad SMARTS) is 1. The highest BCUT2D eigenvalue weighted by Crippen LogP contribution is 2.41. The van der Waals surface area contributed by atoms with Gasteiger partial charge in [0, 0.05) is 24.1 Å². The van der Waals surface area contributed by atoms with Crippen LogP contribution in [0.4, 0.5) is 4.39 Å². The SMILES string of the molecule is CC(NC[C@H]1C[C@@H](c2cc(C(=O)O)ccc2F)c2ccccc2O1)c1cccc2ccccc12. The third-order valence-corrected chi connectivity index (χ3v) is 6.65. The van der Waals surface area contributed by atoms with Gasteiger partial charge in [-0.2, -0.15) is 0 Å². The third kappa shape index (κ3) is 4.27. The number of rotatable bonds is 6. The minimum absolute atomic E-state index is 0.0830. The highest BCUT2D eigenvalue weighted by atomic mass is 19.1. The fraction of sp³-hybridized carbons (Fsp3) is 0.207. The molecule has 0 spiro atoms. The van der Waals surface area contributed by atoms with Crippen molar-refractivity contribution < 1.29 is 19.0 Å². The summed E-state index contributed by atoms with van der Waals surface area (Å²) < 4.78 is 21.1. The molecule has 0 bridgehead atoms. The molecule has 0 radical (unpaired) electrons. The molecule has 3 atom stereocenters. The third-order valence-electron chi connectivity index (χ3n) is 6.65. The first-order valence-corrected chi connectivity index (χ1v) is 11.5. The first kappa shape index (κ1) is 22.1. The number of hydrogen-bond acceptors (Lipinski definition) is 3. The lowest BCUT2D eigenvalue weighted by atomic mass is 9.83. The first-order valence-electron chi connectivity index (χ1n) is 11.5. The molecule has 4 nitrogen and oxygen atoms in total. The van der Waals surface area contributed by atoms with Crippen molar-refractivity contribution in [2.75, 3.05) is 6.54 Å². The lowest BCUT2D eigenvalue weighted by Crippen LogP contribution is -2.37. The molecular weight excluding hydrogens is 429 g/mol. The molecule has 1 unspecified atom stereocenters. The average molecular weight is 456 g/mol. The molecular formula is C29H26FNO3. The van der Waals surface area contributed by atoms with E-state index in [1.54, 1.807) is 0 Å². The van der Waals surface area contributed by atoms with Crippen LogP contribution in [0.1, 0.15) is 52.4 Å². The summed E-state index contributed by atoms with van der Waals surface area (Å²) in [4.78, 5) is 11.5. The number of fused-ring (bicyclic) bond motifs is 2. The molecule has 4 aromatic carbocycles. The van der Waals surface area contributed by atoms with Gasteiger partial charge in [0.05, 0.1) is 5.56 Å². The van der Waals surface area contributed by atoms with E-state index in [9.17, 15) is 14.3 Å². The Balaban J connectivity index is 1.40. The quantitative estimate of drug-likeness (QED) is 0.358. The highest BCUT2D eigenvalue weighted by Gasteiger charge is 2.31. The van der Waals surface area contributed by atoms with E-state index in [0.29, 0.717) is 24.3 Å². The summed E-state index contributed by atoms with van der Waals surface area (Å²) in [6.45, 7) is 2.71. The van der Waals surface area contributed by atoms with Crippen LogP contribution in [-0.4, -0.2) is 23.7 Å². The number of nitrogens with one attached hydrogen (secondary N) is 1. The summed E-state index contributed by atoms with van der Waals surface area (Å²) in [6, 6.07) is 26.3. The van der Waals surface area contributed by atoms with Crippen molar-refractivity contribution in [3.8, 4) is 5.75 Å². The summed E-state index contributed by atoms with van der Waals surface area (Å²) in [6.07, 6.45) is 0.358. The van der Waals surface area contributed by atoms with Crippen LogP contribution in [0.15, 0.2) is 84.9 Å². The Morgan fingerprint density at radius 1 is 1.03 bits per heavy atom. The van der Waals surface area contributed by atoms with Crippen LogP contribution in [0, 0.1) is 5.82 Å². The largest absolute Gasteiger partial charge is 0.489 e. The Labute approximate surface area is 198 Å². The van der Waals surface area contributed by atoms with Crippen LogP contribution in [-0.2, 0) is 0 Å². The van der Waals surface area contributed by atoms with Gasteiger partial charge in [0.1, 0.15) is 17.7 Å². The minimum Gasteiger partial charge on any atom is -0.489 e. The number of hydrogen-bond donors (Lipinski definition) is 2. The molecule has 1 heterocycles. The molecule has 0 aromatic heterocycles. The van der Waals surface area contributed by atoms with E-state index in [1.807, 2.05) is 36.4 Å². The fourth-order valence-electron chi connectivity index (χ4n) is 4.90. The predicted molar refractivity (Wildman–Crippen MR) is 131 cm³/mol. The number of para-hydroxylation sites is 1. The van der Waals surface area contributed by atoms with E-state index in [2.05, 4.69) is 42.6 Å². The van der Waals surface area contributed by atoms with Gasteiger partial charge in [0.2, 0.25) is 0 Å². The summed E-state index contributed by atoms with van der Waals surface area (Å²) in [5.74, 6) is -1.04. The van der Waals surface area contributed by atoms with E-state index in [0.717, 1.165) is 5.56 Å². The van der Waals surface area contributed by atoms with Crippen molar-refractivity contribution in [2.24, 2.45) is 0 Å². The maximum atomic E-state index is 14.9. The Morgan fingerprint density at radius 3 is 2.65 bits per heavy atom. The number of ether oxygens (including phenoxy) is 1. The second-order valence-corrected chi connectivity index (χ2v) is 8.81. The molecule has 0 amide bonds. The normalized spacial score (nSPS) is 18.2. The van der Waals surface area contributed by atoms with Crippen LogP contribution in [0.2, 0.25) is 0 Å². The van der Waals surface area contributed by atoms with Crippen LogP contribution in [0.3, 0.4) is 0 Å². The molecule has 1 aliphatic heterocycles. The van der Waals surface area contributed by atoms with Crippen molar-refractivity contribution in [1.82, 2.24) is 5.32 Å². The van der Waals surface area contributed by atoms with Crippen LogP contribution >= 0.6 is 0 Å². The summed E-state index contributed by atoms with van der Waals surface area (Å²) in [7, 11) is 0. The van der Waals surface area contributed by atoms with Crippen LogP contribution in [0.5, 0.6) is 5.75 Å². The topological polar surface area (TPSA) is 58.6 Å². The van der Waals surface area contributed by atoms with Crippen molar-refractivity contribution in [2.45, 2.75) is 31.4 Å². The zero-order chi connectivity index (χ0) is 23.7. The predicted octanol–water partition coefficient (Wildman–Crippen LogP) is 6.31. The number of aromatic carboxylic acids is 1. The average Bonchev–Trinajstić information content (AvgIpc) is 2.86. The second-order valence-electron chi connectivity index (χ2n) is 8.81. The highest BCUT2D eigenvalue weighted by molar-refractivity contribution is 5.88. The zero-order valence-electron chi connectivity index (χ0n) is 18.9. The first-order chi connectivity index (χ1) is 16.5. The molecule has 0 aliphatic carbocycles. The van der Waals surface area contributed by atoms with Gasteiger partial charge in [-0.3, -0.25) is 0 Å². The Kier molecular flexibility index (Phi) is 6.03. The summed E-state index contributed by atoms with van der Waals surface area (Å²) in [5.41, 5.74) is 2.57. The van der Waals surface area contributed by atoms with Gasteiger partial charge in [0.15, 0.2) is 0 Å². The Hall–Kier alpha value is -3.70. The van der Waals surface area contributed by atoms with Gasteiger partial charge in [-0.1, -0.05) is 60.7 Å². The van der Waals surface area contributed by atoms with E-state index in [1.165, 1.54) is 34.5 Å². The molecule has 5 rings (SSSR count). The second kappa shape index (κ2) is 9.27. The summed E-state index contributed by atoms with van der Waals surface area (Å²) >= 11 is 0. The van der Waals surface area contributed by atoms with Crippen LogP contribution < -0.4 is 10.1 Å². The van der Waals surface area contributed by atoms with Crippen molar-refractivity contribution in [3.63, 3.8) is 0 Å². The number of carboxylic acids is 1. The van der Waals surface area contributed by atoms with E-state index >= 15 is 0 Å². The fourth-order valence-corrected chi connectivity index (χ4v) is 4.90. The molecule has 5 heteroatoms. The van der Waals surface area contributed by atoms with Crippen molar-refractivity contribution >= 4 is 16.7 Å². The van der Waals surface area contributed by atoms with E-state index in [4.69, 9.17) is 4.74 Å². The molecule has 34 heavy (non-hydrogen) atoms. The molecule has 2 N–H and O–H groups in total. The van der Waals surface area contributed by atoms with Crippen molar-refractivity contribution in [1.29, 1.82) is 0 Å². The van der Waals surface area contributed by atoms with Gasteiger partial charge < -0.3 is 15.2 Å². The van der Waals surface area contributed by atoms with Gasteiger partial charge in [-0.05, 0) is 59.5 Å². The molecule has 0 saturated heterocycles. The maximum Gasteiger partial charge on any atom is 0.335 e. The lowest BCUT2D eigenvalue weighted by Gasteiger charge is -2.33. The monoisotopic (exact) mass is 455 g/mol. The van der Waals surface area contributed by atoms with Gasteiger partial charge in [-0.25, -0.2) is 9.18 Å². The number of benzene rings is 4. The standard InChI is InChI=1S/C29H26FNO3/c1-18(22-11-6-8-19-7-2-3-9-23(19)22)31-17-21-16-25(24-10-4-5-12-28(24)34-21)26-15-20(29(32)33)13-14-27(26)30/h2-15,18,21,25,31H,16-17H2,1H3,(H,32,33)/t18?,21-,25-/m1/s1. The molecule has 4 aromatic rings. The van der Waals surface area contributed by atoms with Gasteiger partial charge >= 0.3 is 5.97 Å². The Bertz CT molecular complexity index is 1350. The maximum absolute atomic E-state index is 14.9. The molecule has 172 valence electrons. The molecule has 0 saturated carbocycles. The minimum atomic E-state index is -1.07. The van der Waals surface area contributed by atoms with Gasteiger partial charge in [0.25, 0.3) is 0 Å². The van der Waals surface area contributed by atoms with Gasteiger partial charge in [-0.15, -0.1) is 0 Å². The van der Waals surface area contributed by atoms with E-state index < -0.39 is 11.8 Å². The van der Waals surface area contributed by atoms with Crippen LogP contribution in [0.25, 0.3) is 10.8 Å². The molecule has 1 aliphatic rings. The zero-order valence-corrected chi connectivity index (χ0v) is 18.9. The number of carbonyl (C=O) groups is 1. The Morgan fingerprint density at radius 2 is 1.79 bits per heavy atom. The van der Waals surface area contributed by atoms with Crippen molar-refractivity contribution in [3.05, 3.63) is 113 Å².